The minimum Gasteiger partial charge on any atom is -0.289 e. The molecule has 2 rings (SSSR count). The summed E-state index contributed by atoms with van der Waals surface area (Å²) < 4.78 is 0. The molecule has 1 fully saturated rings. The number of unbranched alkanes of at least 4 members (excludes halogenated alkanes) is 1. The van der Waals surface area contributed by atoms with E-state index in [0.717, 1.165) is 17.7 Å². The van der Waals surface area contributed by atoms with E-state index >= 15 is 0 Å². The summed E-state index contributed by atoms with van der Waals surface area (Å²) in [7, 11) is 0.382. The van der Waals surface area contributed by atoms with Crippen LogP contribution in [0.15, 0.2) is 24.3 Å². The van der Waals surface area contributed by atoms with Crippen molar-refractivity contribution in [1.82, 2.24) is 0 Å². The van der Waals surface area contributed by atoms with Crippen molar-refractivity contribution >= 4 is 16.7 Å². The van der Waals surface area contributed by atoms with Crippen molar-refractivity contribution in [2.45, 2.75) is 39.0 Å². The highest BCUT2D eigenvalue weighted by molar-refractivity contribution is 7.97. The molecule has 0 unspecified atom stereocenters. The Balaban J connectivity index is 1.89. The van der Waals surface area contributed by atoms with Crippen LogP contribution < -0.4 is 0 Å². The lowest BCUT2D eigenvalue weighted by atomic mass is 10.1. The summed E-state index contributed by atoms with van der Waals surface area (Å²) in [5.41, 5.74) is 2.27. The molecule has 0 atom stereocenters. The van der Waals surface area contributed by atoms with Crippen LogP contribution in [-0.4, -0.2) is 23.0 Å². The fourth-order valence-corrected chi connectivity index (χ4v) is 4.62. The molecule has 0 aliphatic carbocycles. The highest BCUT2D eigenvalue weighted by atomic mass is 32.2. The Morgan fingerprint density at radius 3 is 2.44 bits per heavy atom. The second kappa shape index (κ2) is 6.98. The van der Waals surface area contributed by atoms with Gasteiger partial charge < -0.3 is 0 Å². The van der Waals surface area contributed by atoms with Gasteiger partial charge in [0, 0.05) is 5.56 Å². The molecule has 0 radical (unpaired) electrons. The Labute approximate surface area is 113 Å². The third kappa shape index (κ3) is 3.88. The van der Waals surface area contributed by atoms with E-state index in [9.17, 15) is 4.79 Å². The number of hydrogen-bond acceptors (Lipinski definition) is 1. The molecule has 2 heteroatoms. The van der Waals surface area contributed by atoms with Crippen LogP contribution in [0.3, 0.4) is 0 Å². The van der Waals surface area contributed by atoms with E-state index in [2.05, 4.69) is 19.1 Å². The topological polar surface area (TPSA) is 17.1 Å². The van der Waals surface area contributed by atoms with Crippen LogP contribution in [0.1, 0.15) is 48.5 Å². The van der Waals surface area contributed by atoms with Gasteiger partial charge in [0.1, 0.15) is 11.5 Å². The molecule has 1 aromatic carbocycles. The van der Waals surface area contributed by atoms with Crippen molar-refractivity contribution in [3.8, 4) is 0 Å². The van der Waals surface area contributed by atoms with Crippen molar-refractivity contribution in [2.24, 2.45) is 0 Å². The lowest BCUT2D eigenvalue weighted by Crippen LogP contribution is -2.17. The summed E-state index contributed by atoms with van der Waals surface area (Å²) in [5, 5.41) is 0. The predicted octanol–water partition coefficient (Wildman–Crippen LogP) is 3.62. The van der Waals surface area contributed by atoms with Gasteiger partial charge in [-0.3, -0.25) is 4.79 Å². The lowest BCUT2D eigenvalue weighted by molar-refractivity contribution is 0.102. The molecule has 1 heterocycles. The summed E-state index contributed by atoms with van der Waals surface area (Å²) in [4.78, 5) is 12.1. The first-order chi connectivity index (χ1) is 8.79. The van der Waals surface area contributed by atoms with Gasteiger partial charge in [0.15, 0.2) is 5.75 Å². The fraction of sp³-hybridized carbons (Fsp3) is 0.562. The molecular weight excluding hydrogens is 240 g/mol. The van der Waals surface area contributed by atoms with E-state index in [0.29, 0.717) is 16.7 Å². The summed E-state index contributed by atoms with van der Waals surface area (Å²) in [6, 6.07) is 8.29. The first-order valence-electron chi connectivity index (χ1n) is 7.06. The van der Waals surface area contributed by atoms with Crippen molar-refractivity contribution in [3.05, 3.63) is 35.4 Å². The molecule has 1 saturated heterocycles. The van der Waals surface area contributed by atoms with E-state index < -0.39 is 0 Å². The SMILES string of the molecule is CCCCc1ccc(C(=O)C[S+]2CCCC2)cc1. The van der Waals surface area contributed by atoms with Crippen molar-refractivity contribution in [1.29, 1.82) is 0 Å². The zero-order chi connectivity index (χ0) is 12.8. The maximum atomic E-state index is 12.1. The second-order valence-electron chi connectivity index (χ2n) is 5.10. The molecule has 0 aromatic heterocycles. The van der Waals surface area contributed by atoms with E-state index in [1.807, 2.05) is 12.1 Å². The van der Waals surface area contributed by atoms with Gasteiger partial charge in [-0.15, -0.1) is 0 Å². The number of carbonyl (C=O) groups is 1. The smallest absolute Gasteiger partial charge is 0.211 e. The summed E-state index contributed by atoms with van der Waals surface area (Å²) in [6.45, 7) is 2.21. The third-order valence-electron chi connectivity index (χ3n) is 3.55. The Bertz CT molecular complexity index is 377. The van der Waals surface area contributed by atoms with E-state index in [4.69, 9.17) is 0 Å². The number of aryl methyl sites for hydroxylation is 1. The molecule has 1 aliphatic heterocycles. The monoisotopic (exact) mass is 263 g/mol. The Morgan fingerprint density at radius 1 is 1.17 bits per heavy atom. The van der Waals surface area contributed by atoms with Gasteiger partial charge in [-0.2, -0.15) is 0 Å². The summed E-state index contributed by atoms with van der Waals surface area (Å²) in [5.74, 6) is 3.69. The Hall–Kier alpha value is -0.760. The average molecular weight is 263 g/mol. The zero-order valence-corrected chi connectivity index (χ0v) is 12.1. The van der Waals surface area contributed by atoms with Crippen molar-refractivity contribution in [3.63, 3.8) is 0 Å². The van der Waals surface area contributed by atoms with E-state index in [1.165, 1.54) is 42.8 Å². The molecule has 0 N–H and O–H groups in total. The number of ketones is 1. The van der Waals surface area contributed by atoms with Gasteiger partial charge in [0.2, 0.25) is 5.78 Å². The van der Waals surface area contributed by atoms with E-state index in [-0.39, 0.29) is 0 Å². The number of carbonyl (C=O) groups excluding carboxylic acids is 1. The van der Waals surface area contributed by atoms with Crippen molar-refractivity contribution < 1.29 is 4.79 Å². The van der Waals surface area contributed by atoms with Gasteiger partial charge in [0.05, 0.1) is 0 Å². The predicted molar refractivity (Wildman–Crippen MR) is 80.6 cm³/mol. The highest BCUT2D eigenvalue weighted by Crippen LogP contribution is 2.16. The van der Waals surface area contributed by atoms with Crippen LogP contribution in [0.5, 0.6) is 0 Å². The van der Waals surface area contributed by atoms with Crippen LogP contribution in [-0.2, 0) is 17.3 Å². The van der Waals surface area contributed by atoms with Crippen LogP contribution in [0.2, 0.25) is 0 Å². The van der Waals surface area contributed by atoms with Gasteiger partial charge in [-0.05, 0) is 42.1 Å². The number of hydrogen-bond donors (Lipinski definition) is 0. The Kier molecular flexibility index (Phi) is 5.30. The number of rotatable bonds is 6. The first kappa shape index (κ1) is 13.7. The molecule has 1 aromatic rings. The van der Waals surface area contributed by atoms with Crippen molar-refractivity contribution in [2.75, 3.05) is 17.3 Å². The van der Waals surface area contributed by atoms with Crippen LogP contribution >= 0.6 is 0 Å². The number of Topliss-reactive ketones (excluding diaryl/α,β-unsaturated/α-hetero) is 1. The summed E-state index contributed by atoms with van der Waals surface area (Å²) >= 11 is 0. The van der Waals surface area contributed by atoms with Gasteiger partial charge in [-0.25, -0.2) is 0 Å². The van der Waals surface area contributed by atoms with Crippen LogP contribution in [0.4, 0.5) is 0 Å². The minimum atomic E-state index is 0.349. The standard InChI is InChI=1S/C16H23OS/c1-2-3-6-14-7-9-15(10-8-14)16(17)13-18-11-4-5-12-18/h7-10H,2-6,11-13H2,1H3/q+1. The normalized spacial score (nSPS) is 16.1. The maximum Gasteiger partial charge on any atom is 0.211 e. The van der Waals surface area contributed by atoms with Crippen LogP contribution in [0, 0.1) is 0 Å². The highest BCUT2D eigenvalue weighted by Gasteiger charge is 2.27. The second-order valence-corrected chi connectivity index (χ2v) is 7.43. The maximum absolute atomic E-state index is 12.1. The molecule has 98 valence electrons. The average Bonchev–Trinajstić information content (AvgIpc) is 2.89. The quantitative estimate of drug-likeness (QED) is 0.566. The molecule has 0 saturated carbocycles. The molecule has 0 amide bonds. The molecule has 18 heavy (non-hydrogen) atoms. The molecule has 1 aliphatic rings. The zero-order valence-electron chi connectivity index (χ0n) is 11.3. The molecule has 0 bridgehead atoms. The van der Waals surface area contributed by atoms with E-state index in [1.54, 1.807) is 0 Å². The number of benzene rings is 1. The molecular formula is C16H23OS+. The largest absolute Gasteiger partial charge is 0.289 e. The molecule has 0 spiro atoms. The fourth-order valence-electron chi connectivity index (χ4n) is 2.37. The first-order valence-corrected chi connectivity index (χ1v) is 8.79. The van der Waals surface area contributed by atoms with Gasteiger partial charge in [0.25, 0.3) is 0 Å². The summed E-state index contributed by atoms with van der Waals surface area (Å²) in [6.07, 6.45) is 6.24. The molecule has 1 nitrogen and oxygen atoms in total. The lowest BCUT2D eigenvalue weighted by Gasteiger charge is -2.03. The van der Waals surface area contributed by atoms with Crippen LogP contribution in [0.25, 0.3) is 0 Å². The van der Waals surface area contributed by atoms with Gasteiger partial charge >= 0.3 is 0 Å². The van der Waals surface area contributed by atoms with Gasteiger partial charge in [-0.1, -0.05) is 37.6 Å². The minimum absolute atomic E-state index is 0.349. The third-order valence-corrected chi connectivity index (χ3v) is 5.95. The Morgan fingerprint density at radius 2 is 1.83 bits per heavy atom.